The van der Waals surface area contributed by atoms with E-state index in [2.05, 4.69) is 22.1 Å². The summed E-state index contributed by atoms with van der Waals surface area (Å²) in [6.07, 6.45) is 1.77. The van der Waals surface area contributed by atoms with Gasteiger partial charge in [-0.15, -0.1) is 39.4 Å². The van der Waals surface area contributed by atoms with Gasteiger partial charge in [-0.05, 0) is 30.9 Å². The lowest BCUT2D eigenvalue weighted by molar-refractivity contribution is -0.113. The third-order valence-corrected chi connectivity index (χ3v) is 7.09. The number of carbonyl (C=O) groups is 2. The summed E-state index contributed by atoms with van der Waals surface area (Å²) in [6.45, 7) is 8.08. The Balaban J connectivity index is 1.73. The highest BCUT2D eigenvalue weighted by Crippen LogP contribution is 2.33. The summed E-state index contributed by atoms with van der Waals surface area (Å²) in [5.41, 5.74) is 1.22. The third kappa shape index (κ3) is 4.60. The molecule has 152 valence electrons. The van der Waals surface area contributed by atoms with Crippen LogP contribution in [0.1, 0.15) is 20.8 Å². The zero-order valence-electron chi connectivity index (χ0n) is 16.2. The number of aromatic nitrogens is 3. The summed E-state index contributed by atoms with van der Waals surface area (Å²) in [6, 6.07) is 3.93. The molecular weight excluding hydrogens is 428 g/mol. The molecule has 0 atom stereocenters. The lowest BCUT2D eigenvalue weighted by Crippen LogP contribution is -2.16. The minimum atomic E-state index is -0.457. The SMILES string of the molecule is C=CCn1c(SCC(=O)Nc2sc(C)c(C)c2C(=O)OC)nnc1-c1cccs1. The number of aryl methyl sites for hydroxylation is 1. The van der Waals surface area contributed by atoms with Crippen molar-refractivity contribution in [1.82, 2.24) is 14.8 Å². The van der Waals surface area contributed by atoms with Gasteiger partial charge in [-0.3, -0.25) is 9.36 Å². The van der Waals surface area contributed by atoms with E-state index in [1.807, 2.05) is 35.9 Å². The smallest absolute Gasteiger partial charge is 0.341 e. The van der Waals surface area contributed by atoms with Crippen LogP contribution in [0.25, 0.3) is 10.7 Å². The molecule has 0 aliphatic carbocycles. The summed E-state index contributed by atoms with van der Waals surface area (Å²) < 4.78 is 6.77. The highest BCUT2D eigenvalue weighted by molar-refractivity contribution is 7.99. The predicted octanol–water partition coefficient (Wildman–Crippen LogP) is 4.39. The number of anilines is 1. The Morgan fingerprint density at radius 2 is 2.17 bits per heavy atom. The first-order chi connectivity index (χ1) is 14.0. The van der Waals surface area contributed by atoms with Gasteiger partial charge in [-0.2, -0.15) is 0 Å². The average Bonchev–Trinajstić information content (AvgIpc) is 3.41. The van der Waals surface area contributed by atoms with Gasteiger partial charge >= 0.3 is 5.97 Å². The monoisotopic (exact) mass is 448 g/mol. The average molecular weight is 449 g/mol. The fourth-order valence-electron chi connectivity index (χ4n) is 2.63. The summed E-state index contributed by atoms with van der Waals surface area (Å²) in [4.78, 5) is 26.5. The molecule has 3 aromatic heterocycles. The normalized spacial score (nSPS) is 10.7. The highest BCUT2D eigenvalue weighted by atomic mass is 32.2. The van der Waals surface area contributed by atoms with Crippen molar-refractivity contribution < 1.29 is 14.3 Å². The van der Waals surface area contributed by atoms with Gasteiger partial charge in [0.05, 0.1) is 23.3 Å². The maximum Gasteiger partial charge on any atom is 0.341 e. The quantitative estimate of drug-likeness (QED) is 0.312. The zero-order chi connectivity index (χ0) is 21.0. The molecule has 1 N–H and O–H groups in total. The molecule has 0 aliphatic rings. The number of allylic oxidation sites excluding steroid dienone is 1. The molecule has 3 heterocycles. The number of nitrogens with one attached hydrogen (secondary N) is 1. The van der Waals surface area contributed by atoms with Crippen LogP contribution in [0, 0.1) is 13.8 Å². The highest BCUT2D eigenvalue weighted by Gasteiger charge is 2.22. The topological polar surface area (TPSA) is 86.1 Å². The molecule has 0 unspecified atom stereocenters. The molecule has 0 aromatic carbocycles. The molecule has 0 fully saturated rings. The second-order valence-electron chi connectivity index (χ2n) is 6.00. The van der Waals surface area contributed by atoms with Crippen molar-refractivity contribution in [2.75, 3.05) is 18.2 Å². The number of ether oxygens (including phenoxy) is 1. The fourth-order valence-corrected chi connectivity index (χ4v) is 5.16. The van der Waals surface area contributed by atoms with Crippen LogP contribution in [0.15, 0.2) is 35.3 Å². The van der Waals surface area contributed by atoms with Crippen LogP contribution >= 0.6 is 34.4 Å². The van der Waals surface area contributed by atoms with Crippen LogP contribution in [0.5, 0.6) is 0 Å². The Morgan fingerprint density at radius 1 is 1.38 bits per heavy atom. The van der Waals surface area contributed by atoms with Gasteiger partial charge in [-0.25, -0.2) is 4.79 Å². The van der Waals surface area contributed by atoms with E-state index in [0.717, 1.165) is 21.1 Å². The first-order valence-electron chi connectivity index (χ1n) is 8.65. The van der Waals surface area contributed by atoms with Gasteiger partial charge in [0.2, 0.25) is 5.91 Å². The first kappa shape index (κ1) is 21.3. The number of hydrogen-bond acceptors (Lipinski definition) is 8. The standard InChI is InChI=1S/C19H20N4O3S3/c1-5-8-23-16(13-7-6-9-27-13)21-22-19(23)28-10-14(24)20-17-15(18(25)26-4)11(2)12(3)29-17/h5-7,9H,1,8,10H2,2-4H3,(H,20,24). The van der Waals surface area contributed by atoms with Gasteiger partial charge in [-0.1, -0.05) is 23.9 Å². The lowest BCUT2D eigenvalue weighted by atomic mass is 10.1. The van der Waals surface area contributed by atoms with Crippen molar-refractivity contribution in [3.63, 3.8) is 0 Å². The number of rotatable bonds is 8. The van der Waals surface area contributed by atoms with Crippen LogP contribution in [-0.2, 0) is 16.1 Å². The summed E-state index contributed by atoms with van der Waals surface area (Å²) in [5, 5.41) is 14.4. The van der Waals surface area contributed by atoms with Gasteiger partial charge in [0.15, 0.2) is 11.0 Å². The Morgan fingerprint density at radius 3 is 2.83 bits per heavy atom. The van der Waals surface area contributed by atoms with E-state index in [1.165, 1.54) is 30.2 Å². The number of hydrogen-bond donors (Lipinski definition) is 1. The minimum Gasteiger partial charge on any atom is -0.465 e. The molecule has 29 heavy (non-hydrogen) atoms. The molecule has 0 bridgehead atoms. The number of carbonyl (C=O) groups excluding carboxylic acids is 2. The molecule has 10 heteroatoms. The third-order valence-electron chi connectivity index (χ3n) is 4.13. The second kappa shape index (κ2) is 9.38. The van der Waals surface area contributed by atoms with Gasteiger partial charge in [0.1, 0.15) is 5.00 Å². The van der Waals surface area contributed by atoms with Crippen molar-refractivity contribution in [2.45, 2.75) is 25.5 Å². The molecule has 3 aromatic rings. The molecule has 0 saturated heterocycles. The van der Waals surface area contributed by atoms with E-state index in [9.17, 15) is 9.59 Å². The van der Waals surface area contributed by atoms with Gasteiger partial charge in [0, 0.05) is 11.4 Å². The van der Waals surface area contributed by atoms with Gasteiger partial charge in [0.25, 0.3) is 0 Å². The number of nitrogens with zero attached hydrogens (tertiary/aromatic N) is 3. The molecule has 3 rings (SSSR count). The number of methoxy groups -OCH3 is 1. The second-order valence-corrected chi connectivity index (χ2v) is 9.11. The Kier molecular flexibility index (Phi) is 6.88. The van der Waals surface area contributed by atoms with Crippen molar-refractivity contribution in [1.29, 1.82) is 0 Å². The molecule has 0 radical (unpaired) electrons. The number of esters is 1. The number of amides is 1. The summed E-state index contributed by atoms with van der Waals surface area (Å²) in [7, 11) is 1.33. The predicted molar refractivity (Wildman–Crippen MR) is 118 cm³/mol. The molecule has 0 aliphatic heterocycles. The van der Waals surface area contributed by atoms with E-state index >= 15 is 0 Å². The van der Waals surface area contributed by atoms with E-state index in [0.29, 0.717) is 22.3 Å². The van der Waals surface area contributed by atoms with E-state index in [1.54, 1.807) is 17.4 Å². The molecule has 1 amide bonds. The summed E-state index contributed by atoms with van der Waals surface area (Å²) in [5.74, 6) is 0.199. The van der Waals surface area contributed by atoms with E-state index < -0.39 is 5.97 Å². The Labute approximate surface area is 180 Å². The van der Waals surface area contributed by atoms with Crippen LogP contribution in [0.3, 0.4) is 0 Å². The maximum absolute atomic E-state index is 12.5. The van der Waals surface area contributed by atoms with Crippen LogP contribution in [0.2, 0.25) is 0 Å². The van der Waals surface area contributed by atoms with Crippen molar-refractivity contribution >= 4 is 51.3 Å². The fraction of sp³-hybridized carbons (Fsp3) is 0.263. The van der Waals surface area contributed by atoms with Gasteiger partial charge < -0.3 is 10.1 Å². The van der Waals surface area contributed by atoms with Crippen molar-refractivity contribution in [2.24, 2.45) is 0 Å². The Hall–Kier alpha value is -2.43. The minimum absolute atomic E-state index is 0.135. The molecule has 0 saturated carbocycles. The van der Waals surface area contributed by atoms with Crippen LogP contribution in [-0.4, -0.2) is 39.5 Å². The summed E-state index contributed by atoms with van der Waals surface area (Å²) >= 11 is 4.22. The molecular formula is C19H20N4O3S3. The Bertz CT molecular complexity index is 1040. The first-order valence-corrected chi connectivity index (χ1v) is 11.3. The largest absolute Gasteiger partial charge is 0.465 e. The lowest BCUT2D eigenvalue weighted by Gasteiger charge is -2.08. The maximum atomic E-state index is 12.5. The van der Waals surface area contributed by atoms with Crippen LogP contribution in [0.4, 0.5) is 5.00 Å². The molecule has 0 spiro atoms. The van der Waals surface area contributed by atoms with Crippen molar-refractivity contribution in [3.05, 3.63) is 46.2 Å². The van der Waals surface area contributed by atoms with E-state index in [-0.39, 0.29) is 11.7 Å². The van der Waals surface area contributed by atoms with E-state index in [4.69, 9.17) is 4.74 Å². The van der Waals surface area contributed by atoms with Crippen molar-refractivity contribution in [3.8, 4) is 10.7 Å². The van der Waals surface area contributed by atoms with Crippen LogP contribution < -0.4 is 5.32 Å². The zero-order valence-corrected chi connectivity index (χ0v) is 18.7. The molecule has 7 nitrogen and oxygen atoms in total. The number of thiophene rings is 2. The number of thioether (sulfide) groups is 1.